The van der Waals surface area contributed by atoms with Gasteiger partial charge in [-0.15, -0.1) is 0 Å². The summed E-state index contributed by atoms with van der Waals surface area (Å²) in [7, 11) is 0. The Morgan fingerprint density at radius 2 is 2.29 bits per heavy atom. The molecule has 0 aromatic carbocycles. The quantitative estimate of drug-likeness (QED) is 0.806. The van der Waals surface area contributed by atoms with Gasteiger partial charge in [0.25, 0.3) is 0 Å². The molecule has 1 fully saturated rings. The van der Waals surface area contributed by atoms with Crippen LogP contribution in [0.15, 0.2) is 12.4 Å². The lowest BCUT2D eigenvalue weighted by atomic mass is 9.85. The Labute approximate surface area is 101 Å². The predicted molar refractivity (Wildman–Crippen MR) is 65.3 cm³/mol. The third-order valence-electron chi connectivity index (χ3n) is 3.14. The van der Waals surface area contributed by atoms with Crippen LogP contribution in [0.1, 0.15) is 31.4 Å². The summed E-state index contributed by atoms with van der Waals surface area (Å²) in [5.74, 6) is 0.619. The van der Waals surface area contributed by atoms with Gasteiger partial charge in [-0.3, -0.25) is 4.79 Å². The minimum atomic E-state index is 0.0222. The van der Waals surface area contributed by atoms with E-state index in [2.05, 4.69) is 15.3 Å². The van der Waals surface area contributed by atoms with Crippen LogP contribution >= 0.6 is 0 Å². The number of anilines is 1. The molecule has 5 heteroatoms. The van der Waals surface area contributed by atoms with Gasteiger partial charge in [0.15, 0.2) is 0 Å². The second-order valence-corrected chi connectivity index (χ2v) is 4.66. The molecule has 1 aromatic heterocycles. The van der Waals surface area contributed by atoms with Crippen LogP contribution in [-0.4, -0.2) is 21.9 Å². The number of aromatic nitrogens is 2. The maximum atomic E-state index is 12.0. The Balaban J connectivity index is 1.96. The summed E-state index contributed by atoms with van der Waals surface area (Å²) in [6.07, 6.45) is 5.20. The van der Waals surface area contributed by atoms with Crippen LogP contribution in [0.2, 0.25) is 0 Å². The van der Waals surface area contributed by atoms with Crippen LogP contribution in [0.25, 0.3) is 0 Å². The van der Waals surface area contributed by atoms with E-state index < -0.39 is 0 Å². The minimum absolute atomic E-state index is 0.0222. The maximum absolute atomic E-state index is 12.0. The van der Waals surface area contributed by atoms with Crippen molar-refractivity contribution >= 4 is 11.7 Å². The standard InChI is InChI=1S/C12H18N4O/c1-8-5-11(15-7-14-8)16-12(17)9-3-2-4-10(13)6-9/h5,7,9-10H,2-4,6,13H2,1H3,(H,14,15,16,17)/t9-,10+/m0/s1. The van der Waals surface area contributed by atoms with Gasteiger partial charge in [-0.05, 0) is 26.2 Å². The van der Waals surface area contributed by atoms with Crippen LogP contribution in [0.3, 0.4) is 0 Å². The second kappa shape index (κ2) is 5.23. The molecule has 1 aromatic rings. The molecule has 92 valence electrons. The Bertz CT molecular complexity index is 407. The molecule has 2 rings (SSSR count). The average Bonchev–Trinajstić information content (AvgIpc) is 2.29. The van der Waals surface area contributed by atoms with Gasteiger partial charge in [-0.2, -0.15) is 0 Å². The van der Waals surface area contributed by atoms with E-state index >= 15 is 0 Å². The highest BCUT2D eigenvalue weighted by molar-refractivity contribution is 5.91. The lowest BCUT2D eigenvalue weighted by molar-refractivity contribution is -0.120. The highest BCUT2D eigenvalue weighted by Crippen LogP contribution is 2.24. The fourth-order valence-electron chi connectivity index (χ4n) is 2.22. The molecule has 1 saturated carbocycles. The van der Waals surface area contributed by atoms with E-state index in [9.17, 15) is 4.79 Å². The highest BCUT2D eigenvalue weighted by atomic mass is 16.1. The number of amides is 1. The van der Waals surface area contributed by atoms with Crippen molar-refractivity contribution in [2.75, 3.05) is 5.32 Å². The number of rotatable bonds is 2. The van der Waals surface area contributed by atoms with Crippen molar-refractivity contribution < 1.29 is 4.79 Å². The molecule has 0 spiro atoms. The van der Waals surface area contributed by atoms with Crippen molar-refractivity contribution in [1.29, 1.82) is 0 Å². The summed E-state index contributed by atoms with van der Waals surface area (Å²) in [5, 5.41) is 2.83. The number of nitrogens with zero attached hydrogens (tertiary/aromatic N) is 2. The Morgan fingerprint density at radius 1 is 1.47 bits per heavy atom. The van der Waals surface area contributed by atoms with Crippen molar-refractivity contribution in [3.63, 3.8) is 0 Å². The number of carbonyl (C=O) groups excluding carboxylic acids is 1. The smallest absolute Gasteiger partial charge is 0.228 e. The molecular weight excluding hydrogens is 216 g/mol. The molecule has 0 saturated heterocycles. The van der Waals surface area contributed by atoms with Crippen LogP contribution in [-0.2, 0) is 4.79 Å². The predicted octanol–water partition coefficient (Wildman–Crippen LogP) is 1.24. The summed E-state index contributed by atoms with van der Waals surface area (Å²) in [4.78, 5) is 20.0. The van der Waals surface area contributed by atoms with Gasteiger partial charge in [0, 0.05) is 23.7 Å². The molecule has 0 unspecified atom stereocenters. The Kier molecular flexibility index (Phi) is 3.68. The Hall–Kier alpha value is -1.49. The van der Waals surface area contributed by atoms with E-state index in [1.54, 1.807) is 6.07 Å². The molecule has 1 heterocycles. The first-order valence-corrected chi connectivity index (χ1v) is 6.00. The zero-order valence-corrected chi connectivity index (χ0v) is 10.0. The third kappa shape index (κ3) is 3.23. The van der Waals surface area contributed by atoms with Crippen LogP contribution < -0.4 is 11.1 Å². The number of hydrogen-bond donors (Lipinski definition) is 2. The van der Waals surface area contributed by atoms with Gasteiger partial charge >= 0.3 is 0 Å². The van der Waals surface area contributed by atoms with E-state index in [-0.39, 0.29) is 17.9 Å². The number of aryl methyl sites for hydroxylation is 1. The molecule has 0 bridgehead atoms. The van der Waals surface area contributed by atoms with Crippen LogP contribution in [0, 0.1) is 12.8 Å². The molecule has 2 atom stereocenters. The van der Waals surface area contributed by atoms with Crippen molar-refractivity contribution in [1.82, 2.24) is 9.97 Å². The monoisotopic (exact) mass is 234 g/mol. The minimum Gasteiger partial charge on any atom is -0.328 e. The molecule has 1 amide bonds. The van der Waals surface area contributed by atoms with Crippen molar-refractivity contribution in [3.05, 3.63) is 18.1 Å². The number of nitrogens with two attached hydrogens (primary N) is 1. The van der Waals surface area contributed by atoms with Gasteiger partial charge in [-0.1, -0.05) is 6.42 Å². The van der Waals surface area contributed by atoms with Gasteiger partial charge < -0.3 is 11.1 Å². The SMILES string of the molecule is Cc1cc(NC(=O)[C@H]2CCC[C@@H](N)C2)ncn1. The average molecular weight is 234 g/mol. The summed E-state index contributed by atoms with van der Waals surface area (Å²) in [5.41, 5.74) is 6.72. The van der Waals surface area contributed by atoms with Crippen LogP contribution in [0.4, 0.5) is 5.82 Å². The van der Waals surface area contributed by atoms with E-state index in [4.69, 9.17) is 5.73 Å². The van der Waals surface area contributed by atoms with Gasteiger partial charge in [0.1, 0.15) is 12.1 Å². The number of hydrogen-bond acceptors (Lipinski definition) is 4. The molecule has 0 aliphatic heterocycles. The Morgan fingerprint density at radius 3 is 3.00 bits per heavy atom. The van der Waals surface area contributed by atoms with Crippen molar-refractivity contribution in [3.8, 4) is 0 Å². The fraction of sp³-hybridized carbons (Fsp3) is 0.583. The summed E-state index contributed by atoms with van der Waals surface area (Å²) >= 11 is 0. The highest BCUT2D eigenvalue weighted by Gasteiger charge is 2.25. The van der Waals surface area contributed by atoms with Gasteiger partial charge in [-0.25, -0.2) is 9.97 Å². The van der Waals surface area contributed by atoms with Gasteiger partial charge in [0.05, 0.1) is 0 Å². The van der Waals surface area contributed by atoms with E-state index in [0.717, 1.165) is 31.4 Å². The maximum Gasteiger partial charge on any atom is 0.228 e. The zero-order chi connectivity index (χ0) is 12.3. The topological polar surface area (TPSA) is 80.9 Å². The molecule has 17 heavy (non-hydrogen) atoms. The lowest BCUT2D eigenvalue weighted by Crippen LogP contribution is -2.34. The summed E-state index contributed by atoms with van der Waals surface area (Å²) < 4.78 is 0. The van der Waals surface area contributed by atoms with Crippen LogP contribution in [0.5, 0.6) is 0 Å². The van der Waals surface area contributed by atoms with E-state index in [0.29, 0.717) is 5.82 Å². The number of carbonyl (C=O) groups is 1. The molecule has 1 aliphatic rings. The lowest BCUT2D eigenvalue weighted by Gasteiger charge is -2.25. The normalized spacial score (nSPS) is 24.4. The summed E-state index contributed by atoms with van der Waals surface area (Å²) in [6.45, 7) is 1.87. The first-order valence-electron chi connectivity index (χ1n) is 6.00. The molecular formula is C12H18N4O. The molecule has 0 radical (unpaired) electrons. The van der Waals surface area contributed by atoms with Gasteiger partial charge in [0.2, 0.25) is 5.91 Å². The first kappa shape index (κ1) is 12.0. The van der Waals surface area contributed by atoms with E-state index in [1.807, 2.05) is 6.92 Å². The molecule has 3 N–H and O–H groups in total. The zero-order valence-electron chi connectivity index (χ0n) is 10.0. The second-order valence-electron chi connectivity index (χ2n) is 4.66. The third-order valence-corrected chi connectivity index (χ3v) is 3.14. The summed E-state index contributed by atoms with van der Waals surface area (Å²) in [6, 6.07) is 1.92. The fourth-order valence-corrected chi connectivity index (χ4v) is 2.22. The number of nitrogens with one attached hydrogen (secondary N) is 1. The largest absolute Gasteiger partial charge is 0.328 e. The van der Waals surface area contributed by atoms with E-state index in [1.165, 1.54) is 6.33 Å². The van der Waals surface area contributed by atoms with Crippen molar-refractivity contribution in [2.45, 2.75) is 38.6 Å². The molecule has 1 aliphatic carbocycles. The molecule has 5 nitrogen and oxygen atoms in total. The first-order chi connectivity index (χ1) is 8.15. The van der Waals surface area contributed by atoms with Crippen molar-refractivity contribution in [2.24, 2.45) is 11.7 Å².